The molecular formula is C16H13ClN4O. The lowest BCUT2D eigenvalue weighted by Gasteiger charge is -2.17. The van der Waals surface area contributed by atoms with Gasteiger partial charge in [0.2, 0.25) is 0 Å². The van der Waals surface area contributed by atoms with Crippen molar-refractivity contribution in [2.75, 3.05) is 0 Å². The van der Waals surface area contributed by atoms with E-state index < -0.39 is 0 Å². The number of aryl methyl sites for hydroxylation is 1. The molecule has 0 saturated heterocycles. The van der Waals surface area contributed by atoms with Gasteiger partial charge in [0.15, 0.2) is 11.3 Å². The quantitative estimate of drug-likeness (QED) is 0.695. The fourth-order valence-electron chi connectivity index (χ4n) is 2.78. The maximum atomic E-state index is 9.71. The van der Waals surface area contributed by atoms with Gasteiger partial charge in [0.1, 0.15) is 5.15 Å². The van der Waals surface area contributed by atoms with Crippen molar-refractivity contribution in [2.24, 2.45) is 0 Å². The highest BCUT2D eigenvalue weighted by Gasteiger charge is 2.19. The Labute approximate surface area is 131 Å². The molecular weight excluding hydrogens is 300 g/mol. The first kappa shape index (κ1) is 13.3. The zero-order chi connectivity index (χ0) is 15.3. The van der Waals surface area contributed by atoms with Crippen LogP contribution in [-0.4, -0.2) is 24.7 Å². The van der Waals surface area contributed by atoms with Crippen molar-refractivity contribution in [3.8, 4) is 0 Å². The van der Waals surface area contributed by atoms with E-state index in [1.54, 1.807) is 16.8 Å². The van der Waals surface area contributed by atoms with E-state index >= 15 is 0 Å². The molecule has 1 unspecified atom stereocenters. The van der Waals surface area contributed by atoms with Gasteiger partial charge in [-0.05, 0) is 24.6 Å². The lowest BCUT2D eigenvalue weighted by molar-refractivity contribution is 0.380. The first-order valence-corrected chi connectivity index (χ1v) is 7.37. The van der Waals surface area contributed by atoms with Gasteiger partial charge in [-0.1, -0.05) is 23.8 Å². The van der Waals surface area contributed by atoms with Gasteiger partial charge in [0.05, 0.1) is 11.5 Å². The number of hydrogen-bond acceptors (Lipinski definition) is 4. The molecule has 1 N–H and O–H groups in total. The van der Waals surface area contributed by atoms with Gasteiger partial charge in [-0.3, -0.25) is 0 Å². The van der Waals surface area contributed by atoms with Gasteiger partial charge in [-0.15, -0.1) is 0 Å². The van der Waals surface area contributed by atoms with Crippen molar-refractivity contribution in [1.82, 2.24) is 19.6 Å². The predicted octanol–water partition coefficient (Wildman–Crippen LogP) is 3.72. The van der Waals surface area contributed by atoms with Gasteiger partial charge in [0.25, 0.3) is 0 Å². The van der Waals surface area contributed by atoms with Crippen molar-refractivity contribution in [3.63, 3.8) is 0 Å². The Morgan fingerprint density at radius 3 is 3.05 bits per heavy atom. The summed E-state index contributed by atoms with van der Waals surface area (Å²) < 4.78 is 1.70. The summed E-state index contributed by atoms with van der Waals surface area (Å²) in [7, 11) is 0. The van der Waals surface area contributed by atoms with Gasteiger partial charge < -0.3 is 5.11 Å². The van der Waals surface area contributed by atoms with Crippen LogP contribution < -0.4 is 0 Å². The molecule has 4 rings (SSSR count). The lowest BCUT2D eigenvalue weighted by atomic mass is 9.92. The van der Waals surface area contributed by atoms with E-state index in [2.05, 4.69) is 15.1 Å². The summed E-state index contributed by atoms with van der Waals surface area (Å²) in [5, 5.41) is 15.4. The summed E-state index contributed by atoms with van der Waals surface area (Å²) >= 11 is 6.38. The second kappa shape index (κ2) is 4.81. The first-order valence-electron chi connectivity index (χ1n) is 6.99. The first-order chi connectivity index (χ1) is 10.6. The Morgan fingerprint density at radius 2 is 2.23 bits per heavy atom. The molecule has 1 aliphatic carbocycles. The molecule has 0 aliphatic heterocycles. The number of aliphatic hydroxyl groups excluding tert-OH is 1. The molecule has 5 nitrogen and oxygen atoms in total. The highest BCUT2D eigenvalue weighted by atomic mass is 35.5. The van der Waals surface area contributed by atoms with Crippen molar-refractivity contribution < 1.29 is 5.11 Å². The zero-order valence-corrected chi connectivity index (χ0v) is 12.6. The molecule has 0 radical (unpaired) electrons. The third kappa shape index (κ3) is 2.05. The van der Waals surface area contributed by atoms with E-state index in [1.807, 2.05) is 31.2 Å². The summed E-state index contributed by atoms with van der Waals surface area (Å²) in [5.41, 5.74) is 3.20. The number of nitrogens with zero attached hydrogens (tertiary/aromatic N) is 4. The van der Waals surface area contributed by atoms with Crippen LogP contribution in [0.4, 0.5) is 0 Å². The number of pyridine rings is 1. The van der Waals surface area contributed by atoms with Gasteiger partial charge >= 0.3 is 0 Å². The molecule has 1 atom stereocenters. The summed E-state index contributed by atoms with van der Waals surface area (Å²) in [6.45, 7) is 1.92. The van der Waals surface area contributed by atoms with E-state index in [-0.39, 0.29) is 5.92 Å². The topological polar surface area (TPSA) is 63.3 Å². The van der Waals surface area contributed by atoms with Gasteiger partial charge in [-0.2, -0.15) is 9.61 Å². The summed E-state index contributed by atoms with van der Waals surface area (Å²) in [4.78, 5) is 8.91. The Kier molecular flexibility index (Phi) is 2.90. The highest BCUT2D eigenvalue weighted by Crippen LogP contribution is 2.33. The maximum Gasteiger partial charge on any atom is 0.166 e. The minimum atomic E-state index is 0.0180. The molecule has 6 heteroatoms. The average Bonchev–Trinajstić information content (AvgIpc) is 2.87. The second-order valence-electron chi connectivity index (χ2n) is 5.45. The third-order valence-corrected chi connectivity index (χ3v) is 4.12. The van der Waals surface area contributed by atoms with Gasteiger partial charge in [0, 0.05) is 30.0 Å². The molecule has 0 fully saturated rings. The minimum Gasteiger partial charge on any atom is -0.512 e. The molecule has 110 valence electrons. The van der Waals surface area contributed by atoms with Crippen molar-refractivity contribution in [2.45, 2.75) is 19.3 Å². The van der Waals surface area contributed by atoms with Crippen LogP contribution in [0.2, 0.25) is 5.15 Å². The third-order valence-electron chi connectivity index (χ3n) is 3.82. The lowest BCUT2D eigenvalue weighted by Crippen LogP contribution is -2.04. The molecule has 0 amide bonds. The Morgan fingerprint density at radius 1 is 1.36 bits per heavy atom. The predicted molar refractivity (Wildman–Crippen MR) is 85.2 cm³/mol. The van der Waals surface area contributed by atoms with E-state index in [9.17, 15) is 5.11 Å². The average molecular weight is 313 g/mol. The summed E-state index contributed by atoms with van der Waals surface area (Å²) in [6.07, 6.45) is 7.85. The molecule has 0 saturated carbocycles. The fourth-order valence-corrected chi connectivity index (χ4v) is 3.06. The van der Waals surface area contributed by atoms with Crippen LogP contribution in [0.15, 0.2) is 42.3 Å². The molecule has 1 aliphatic rings. The number of allylic oxidation sites excluding steroid dienone is 4. The summed E-state index contributed by atoms with van der Waals surface area (Å²) in [5.74, 6) is 0.365. The number of hydrogen-bond donors (Lipinski definition) is 1. The zero-order valence-electron chi connectivity index (χ0n) is 11.9. The number of aliphatic hydroxyl groups is 1. The number of rotatable bonds is 1. The number of fused-ring (bicyclic) bond motifs is 3. The van der Waals surface area contributed by atoms with E-state index in [1.165, 1.54) is 0 Å². The molecule has 0 aromatic carbocycles. The second-order valence-corrected chi connectivity index (χ2v) is 5.81. The molecule has 22 heavy (non-hydrogen) atoms. The van der Waals surface area contributed by atoms with E-state index in [4.69, 9.17) is 11.6 Å². The normalized spacial score (nSPS) is 18.1. The molecule has 3 aromatic rings. The SMILES string of the molecule is Cc1cc2ncc3cc(C4C=CC=C(O)C4)c(Cl)nc3n2n1. The van der Waals surface area contributed by atoms with Crippen LogP contribution in [0.3, 0.4) is 0 Å². The largest absolute Gasteiger partial charge is 0.512 e. The molecule has 0 spiro atoms. The minimum absolute atomic E-state index is 0.0180. The van der Waals surface area contributed by atoms with Gasteiger partial charge in [-0.25, -0.2) is 9.97 Å². The van der Waals surface area contributed by atoms with Crippen molar-refractivity contribution in [1.29, 1.82) is 0 Å². The smallest absolute Gasteiger partial charge is 0.166 e. The van der Waals surface area contributed by atoms with E-state index in [0.717, 1.165) is 22.3 Å². The Hall–Kier alpha value is -2.40. The van der Waals surface area contributed by atoms with Crippen LogP contribution in [0.1, 0.15) is 23.6 Å². The van der Waals surface area contributed by atoms with Crippen LogP contribution in [0.25, 0.3) is 16.7 Å². The monoisotopic (exact) mass is 312 g/mol. The summed E-state index contributed by atoms with van der Waals surface area (Å²) in [6, 6.07) is 3.87. The Bertz CT molecular complexity index is 958. The highest BCUT2D eigenvalue weighted by molar-refractivity contribution is 6.30. The fraction of sp³-hybridized carbons (Fsp3) is 0.188. The van der Waals surface area contributed by atoms with Crippen LogP contribution >= 0.6 is 11.6 Å². The standard InChI is InChI=1S/C16H13ClN4O/c1-9-5-14-18-8-11-7-13(10-3-2-4-12(22)6-10)15(17)19-16(11)21(14)20-9/h2-5,7-8,10,22H,6H2,1H3. The number of aromatic nitrogens is 4. The molecule has 0 bridgehead atoms. The molecule has 3 aromatic heterocycles. The van der Waals surface area contributed by atoms with Crippen LogP contribution in [-0.2, 0) is 0 Å². The van der Waals surface area contributed by atoms with E-state index in [0.29, 0.717) is 23.0 Å². The number of halogens is 1. The van der Waals surface area contributed by atoms with Crippen molar-refractivity contribution in [3.05, 3.63) is 58.7 Å². The molecule has 3 heterocycles. The van der Waals surface area contributed by atoms with Crippen molar-refractivity contribution >= 4 is 28.3 Å². The Balaban J connectivity index is 1.91. The van der Waals surface area contributed by atoms with Crippen LogP contribution in [0.5, 0.6) is 0 Å². The van der Waals surface area contributed by atoms with Crippen LogP contribution in [0, 0.1) is 6.92 Å². The maximum absolute atomic E-state index is 9.71.